The maximum Gasteiger partial charge on any atom is 0.404 e. The second kappa shape index (κ2) is 3.50. The Bertz CT molecular complexity index is 236. The lowest BCUT2D eigenvalue weighted by molar-refractivity contribution is -0.271. The molecule has 0 radical (unpaired) electrons. The fraction of sp³-hybridized carbons (Fsp3) is 0.500. The Labute approximate surface area is 73.8 Å². The van der Waals surface area contributed by atoms with Crippen LogP contribution in [0.3, 0.4) is 0 Å². The standard InChI is InChI=1S/C6H4F6O2/c1-2(4(13)14)3(5(7,8)9)6(10,11)12/h3H,1H2,(H,13,14). The van der Waals surface area contributed by atoms with E-state index in [4.69, 9.17) is 5.11 Å². The van der Waals surface area contributed by atoms with Gasteiger partial charge < -0.3 is 5.11 Å². The lowest BCUT2D eigenvalue weighted by atomic mass is 9.99. The van der Waals surface area contributed by atoms with E-state index in [1.165, 1.54) is 0 Å². The molecule has 0 fully saturated rings. The highest BCUT2D eigenvalue weighted by Gasteiger charge is 2.59. The molecule has 0 bridgehead atoms. The average molecular weight is 222 g/mol. The van der Waals surface area contributed by atoms with Crippen LogP contribution in [-0.2, 0) is 4.79 Å². The maximum absolute atomic E-state index is 11.8. The van der Waals surface area contributed by atoms with Gasteiger partial charge in [0.2, 0.25) is 0 Å². The molecule has 82 valence electrons. The van der Waals surface area contributed by atoms with E-state index < -0.39 is 29.8 Å². The Morgan fingerprint density at radius 1 is 1.07 bits per heavy atom. The summed E-state index contributed by atoms with van der Waals surface area (Å²) in [6, 6.07) is 0. The molecule has 0 aliphatic rings. The van der Waals surface area contributed by atoms with E-state index in [2.05, 4.69) is 6.58 Å². The zero-order valence-corrected chi connectivity index (χ0v) is 6.41. The first-order valence-corrected chi connectivity index (χ1v) is 3.03. The molecule has 0 aromatic heterocycles. The SMILES string of the molecule is C=C(C(=O)O)C(C(F)(F)F)C(F)(F)F. The van der Waals surface area contributed by atoms with Gasteiger partial charge in [-0.1, -0.05) is 6.58 Å². The molecule has 0 aliphatic carbocycles. The van der Waals surface area contributed by atoms with Crippen LogP contribution in [0.4, 0.5) is 26.3 Å². The summed E-state index contributed by atoms with van der Waals surface area (Å²) >= 11 is 0. The van der Waals surface area contributed by atoms with Gasteiger partial charge in [-0.2, -0.15) is 26.3 Å². The Kier molecular flexibility index (Phi) is 3.20. The summed E-state index contributed by atoms with van der Waals surface area (Å²) in [5, 5.41) is 7.98. The first-order valence-electron chi connectivity index (χ1n) is 3.03. The van der Waals surface area contributed by atoms with Gasteiger partial charge in [0.15, 0.2) is 5.92 Å². The van der Waals surface area contributed by atoms with Crippen molar-refractivity contribution in [1.82, 2.24) is 0 Å². The van der Waals surface area contributed by atoms with Crippen LogP contribution >= 0.6 is 0 Å². The molecule has 0 aromatic rings. The zero-order valence-electron chi connectivity index (χ0n) is 6.41. The third kappa shape index (κ3) is 2.93. The molecular formula is C6H4F6O2. The van der Waals surface area contributed by atoms with Crippen LogP contribution < -0.4 is 0 Å². The third-order valence-electron chi connectivity index (χ3n) is 1.28. The van der Waals surface area contributed by atoms with E-state index in [9.17, 15) is 31.1 Å². The van der Waals surface area contributed by atoms with Crippen molar-refractivity contribution in [3.05, 3.63) is 12.2 Å². The van der Waals surface area contributed by atoms with E-state index in [1.807, 2.05) is 0 Å². The number of aliphatic carboxylic acids is 1. The van der Waals surface area contributed by atoms with Gasteiger partial charge >= 0.3 is 18.3 Å². The number of halogens is 6. The molecule has 0 spiro atoms. The molecule has 0 rings (SSSR count). The highest BCUT2D eigenvalue weighted by atomic mass is 19.4. The van der Waals surface area contributed by atoms with Crippen molar-refractivity contribution < 1.29 is 36.2 Å². The molecule has 1 N–H and O–H groups in total. The van der Waals surface area contributed by atoms with Gasteiger partial charge in [-0.25, -0.2) is 4.79 Å². The lowest BCUT2D eigenvalue weighted by Crippen LogP contribution is -2.39. The summed E-state index contributed by atoms with van der Waals surface area (Å²) in [4.78, 5) is 9.93. The number of carboxylic acid groups (broad SMARTS) is 1. The van der Waals surface area contributed by atoms with E-state index in [0.29, 0.717) is 0 Å². The number of carboxylic acids is 1. The van der Waals surface area contributed by atoms with Gasteiger partial charge in [-0.05, 0) is 0 Å². The van der Waals surface area contributed by atoms with Crippen molar-refractivity contribution >= 4 is 5.97 Å². The first-order chi connectivity index (χ1) is 5.98. The van der Waals surface area contributed by atoms with Crippen molar-refractivity contribution in [3.8, 4) is 0 Å². The van der Waals surface area contributed by atoms with Crippen LogP contribution in [0.2, 0.25) is 0 Å². The third-order valence-corrected chi connectivity index (χ3v) is 1.28. The minimum Gasteiger partial charge on any atom is -0.478 e. The van der Waals surface area contributed by atoms with Crippen LogP contribution in [-0.4, -0.2) is 23.4 Å². The quantitative estimate of drug-likeness (QED) is 0.575. The van der Waals surface area contributed by atoms with Gasteiger partial charge in [0.05, 0.1) is 5.57 Å². The topological polar surface area (TPSA) is 37.3 Å². The van der Waals surface area contributed by atoms with Crippen molar-refractivity contribution in [2.24, 2.45) is 5.92 Å². The minimum atomic E-state index is -5.70. The molecule has 0 saturated heterocycles. The summed E-state index contributed by atoms with van der Waals surface area (Å²) in [6.07, 6.45) is -11.4. The first kappa shape index (κ1) is 12.8. The molecule has 0 aromatic carbocycles. The van der Waals surface area contributed by atoms with Crippen LogP contribution in [0.25, 0.3) is 0 Å². The second-order valence-electron chi connectivity index (χ2n) is 2.35. The molecule has 0 unspecified atom stereocenters. The average Bonchev–Trinajstić information content (AvgIpc) is 1.79. The molecule has 2 nitrogen and oxygen atoms in total. The van der Waals surface area contributed by atoms with Crippen molar-refractivity contribution in [3.63, 3.8) is 0 Å². The highest BCUT2D eigenvalue weighted by Crippen LogP contribution is 2.43. The molecule has 0 amide bonds. The smallest absolute Gasteiger partial charge is 0.404 e. The number of hydrogen-bond donors (Lipinski definition) is 1. The molecule has 0 atom stereocenters. The maximum atomic E-state index is 11.8. The molecule has 0 aliphatic heterocycles. The monoisotopic (exact) mass is 222 g/mol. The number of hydrogen-bond acceptors (Lipinski definition) is 1. The normalized spacial score (nSPS) is 13.1. The van der Waals surface area contributed by atoms with Gasteiger partial charge in [0.25, 0.3) is 0 Å². The van der Waals surface area contributed by atoms with Crippen molar-refractivity contribution in [1.29, 1.82) is 0 Å². The zero-order chi connectivity index (χ0) is 11.7. The summed E-state index contributed by atoms with van der Waals surface area (Å²) in [6.45, 7) is 2.25. The Hall–Kier alpha value is -1.21. The summed E-state index contributed by atoms with van der Waals surface area (Å²) in [7, 11) is 0. The van der Waals surface area contributed by atoms with Gasteiger partial charge in [-0.3, -0.25) is 0 Å². The molecule has 0 heterocycles. The molecular weight excluding hydrogens is 218 g/mol. The number of alkyl halides is 6. The predicted molar refractivity (Wildman–Crippen MR) is 32.4 cm³/mol. The Morgan fingerprint density at radius 2 is 1.36 bits per heavy atom. The fourth-order valence-electron chi connectivity index (χ4n) is 0.704. The summed E-state index contributed by atoms with van der Waals surface area (Å²) in [5.41, 5.74) is -1.94. The largest absolute Gasteiger partial charge is 0.478 e. The number of rotatable bonds is 2. The minimum absolute atomic E-state index is 1.94. The van der Waals surface area contributed by atoms with Crippen molar-refractivity contribution in [2.75, 3.05) is 0 Å². The summed E-state index contributed by atoms with van der Waals surface area (Å²) in [5.74, 6) is -6.35. The van der Waals surface area contributed by atoms with Crippen LogP contribution in [0.15, 0.2) is 12.2 Å². The number of carbonyl (C=O) groups is 1. The van der Waals surface area contributed by atoms with E-state index >= 15 is 0 Å². The molecule has 8 heteroatoms. The molecule has 14 heavy (non-hydrogen) atoms. The highest BCUT2D eigenvalue weighted by molar-refractivity contribution is 5.86. The van der Waals surface area contributed by atoms with Gasteiger partial charge in [0, 0.05) is 0 Å². The van der Waals surface area contributed by atoms with Crippen LogP contribution in [0, 0.1) is 5.92 Å². The van der Waals surface area contributed by atoms with Gasteiger partial charge in [-0.15, -0.1) is 0 Å². The van der Waals surface area contributed by atoms with Crippen molar-refractivity contribution in [2.45, 2.75) is 12.4 Å². The van der Waals surface area contributed by atoms with Crippen LogP contribution in [0.5, 0.6) is 0 Å². The summed E-state index contributed by atoms with van der Waals surface area (Å²) < 4.78 is 70.7. The van der Waals surface area contributed by atoms with E-state index in [-0.39, 0.29) is 0 Å². The second-order valence-corrected chi connectivity index (χ2v) is 2.35. The van der Waals surface area contributed by atoms with E-state index in [0.717, 1.165) is 0 Å². The molecule has 0 saturated carbocycles. The Morgan fingerprint density at radius 3 is 1.43 bits per heavy atom. The Balaban J connectivity index is 5.15. The van der Waals surface area contributed by atoms with Crippen LogP contribution in [0.1, 0.15) is 0 Å². The lowest BCUT2D eigenvalue weighted by Gasteiger charge is -2.22. The predicted octanol–water partition coefficient (Wildman–Crippen LogP) is 2.37. The van der Waals surface area contributed by atoms with Gasteiger partial charge in [0.1, 0.15) is 0 Å². The fourth-order valence-corrected chi connectivity index (χ4v) is 0.704. The van der Waals surface area contributed by atoms with E-state index in [1.54, 1.807) is 0 Å².